The monoisotopic (exact) mass is 234 g/mol. The Kier molecular flexibility index (Phi) is 4.51. The molecule has 0 radical (unpaired) electrons. The van der Waals surface area contributed by atoms with Crippen molar-refractivity contribution in [2.24, 2.45) is 0 Å². The second-order valence-electron chi connectivity index (χ2n) is 5.00. The molecule has 1 aliphatic rings. The molecule has 0 spiro atoms. The molecule has 1 aromatic heterocycles. The van der Waals surface area contributed by atoms with Crippen molar-refractivity contribution in [3.8, 4) is 0 Å². The van der Waals surface area contributed by atoms with Gasteiger partial charge in [-0.15, -0.1) is 0 Å². The van der Waals surface area contributed by atoms with E-state index in [1.807, 2.05) is 19.2 Å². The molecule has 0 aromatic carbocycles. The number of hydrogen-bond acceptors (Lipinski definition) is 3. The number of nitrogens with zero attached hydrogens (tertiary/aromatic N) is 1. The minimum Gasteiger partial charge on any atom is -0.392 e. The van der Waals surface area contributed by atoms with Gasteiger partial charge in [0, 0.05) is 24.5 Å². The Balaban J connectivity index is 1.85. The summed E-state index contributed by atoms with van der Waals surface area (Å²) in [5.41, 5.74) is 2.23. The number of aromatic nitrogens is 1. The molecular formula is C14H22N2O. The van der Waals surface area contributed by atoms with Gasteiger partial charge in [-0.3, -0.25) is 4.98 Å². The van der Waals surface area contributed by atoms with Crippen molar-refractivity contribution in [1.29, 1.82) is 0 Å². The Morgan fingerprint density at radius 2 is 2.12 bits per heavy atom. The highest BCUT2D eigenvalue weighted by atomic mass is 16.3. The molecule has 3 heteroatoms. The first-order chi connectivity index (χ1) is 8.25. The van der Waals surface area contributed by atoms with Crippen molar-refractivity contribution in [2.75, 3.05) is 0 Å². The fourth-order valence-corrected chi connectivity index (χ4v) is 2.38. The maximum atomic E-state index is 9.99. The lowest BCUT2D eigenvalue weighted by molar-refractivity contribution is 0.119. The summed E-state index contributed by atoms with van der Waals surface area (Å²) < 4.78 is 0. The van der Waals surface area contributed by atoms with Crippen LogP contribution in [0, 0.1) is 6.92 Å². The molecule has 94 valence electrons. The van der Waals surface area contributed by atoms with Gasteiger partial charge in [-0.05, 0) is 31.4 Å². The molecule has 2 unspecified atom stereocenters. The molecule has 3 nitrogen and oxygen atoms in total. The van der Waals surface area contributed by atoms with Crippen LogP contribution in [0.25, 0.3) is 0 Å². The molecule has 1 heterocycles. The molecule has 0 aliphatic heterocycles. The second kappa shape index (κ2) is 6.12. The predicted octanol–water partition coefficient (Wildman–Crippen LogP) is 2.17. The smallest absolute Gasteiger partial charge is 0.0693 e. The zero-order valence-corrected chi connectivity index (χ0v) is 10.5. The van der Waals surface area contributed by atoms with Gasteiger partial charge in [0.25, 0.3) is 0 Å². The maximum absolute atomic E-state index is 9.99. The molecule has 0 saturated heterocycles. The minimum atomic E-state index is -0.184. The summed E-state index contributed by atoms with van der Waals surface area (Å²) in [4.78, 5) is 4.28. The molecule has 2 N–H and O–H groups in total. The normalized spacial score (nSPS) is 25.5. The first kappa shape index (κ1) is 12.5. The van der Waals surface area contributed by atoms with E-state index in [0.717, 1.165) is 31.5 Å². The summed E-state index contributed by atoms with van der Waals surface area (Å²) in [6.45, 7) is 2.79. The van der Waals surface area contributed by atoms with Crippen molar-refractivity contribution in [3.05, 3.63) is 29.6 Å². The fraction of sp³-hybridized carbons (Fsp3) is 0.643. The summed E-state index contributed by atoms with van der Waals surface area (Å²) >= 11 is 0. The lowest BCUT2D eigenvalue weighted by atomic mass is 10.1. The number of nitrogens with one attached hydrogen (secondary N) is 1. The number of pyridine rings is 1. The summed E-state index contributed by atoms with van der Waals surface area (Å²) in [6, 6.07) is 4.37. The standard InChI is InChI=1S/C14H22N2O/c1-11-7-8-12(9-15-11)10-16-13-5-3-2-4-6-14(13)17/h7-9,13-14,16-17H,2-6,10H2,1H3. The maximum Gasteiger partial charge on any atom is 0.0693 e. The third-order valence-corrected chi connectivity index (χ3v) is 3.52. The van der Waals surface area contributed by atoms with Crippen molar-refractivity contribution in [3.63, 3.8) is 0 Å². The van der Waals surface area contributed by atoms with Gasteiger partial charge in [-0.25, -0.2) is 0 Å². The lowest BCUT2D eigenvalue weighted by Gasteiger charge is -2.21. The van der Waals surface area contributed by atoms with Crippen LogP contribution in [0.5, 0.6) is 0 Å². The third-order valence-electron chi connectivity index (χ3n) is 3.52. The van der Waals surface area contributed by atoms with E-state index in [0.29, 0.717) is 0 Å². The Morgan fingerprint density at radius 1 is 1.29 bits per heavy atom. The van der Waals surface area contributed by atoms with Gasteiger partial charge >= 0.3 is 0 Å². The molecule has 0 bridgehead atoms. The quantitative estimate of drug-likeness (QED) is 0.788. The van der Waals surface area contributed by atoms with E-state index >= 15 is 0 Å². The molecule has 1 aromatic rings. The third kappa shape index (κ3) is 3.79. The van der Waals surface area contributed by atoms with E-state index in [1.165, 1.54) is 18.4 Å². The number of rotatable bonds is 3. The van der Waals surface area contributed by atoms with Crippen LogP contribution >= 0.6 is 0 Å². The topological polar surface area (TPSA) is 45.1 Å². The fourth-order valence-electron chi connectivity index (χ4n) is 2.38. The minimum absolute atomic E-state index is 0.184. The SMILES string of the molecule is Cc1ccc(CNC2CCCCCC2O)cn1. The van der Waals surface area contributed by atoms with Crippen LogP contribution in [0.2, 0.25) is 0 Å². The van der Waals surface area contributed by atoms with Gasteiger partial charge in [0.05, 0.1) is 6.10 Å². The first-order valence-corrected chi connectivity index (χ1v) is 6.58. The molecular weight excluding hydrogens is 212 g/mol. The van der Waals surface area contributed by atoms with Gasteiger partial charge in [-0.1, -0.05) is 25.3 Å². The van der Waals surface area contributed by atoms with Gasteiger partial charge in [0.2, 0.25) is 0 Å². The van der Waals surface area contributed by atoms with Gasteiger partial charge in [-0.2, -0.15) is 0 Å². The zero-order valence-electron chi connectivity index (χ0n) is 10.5. The van der Waals surface area contributed by atoms with Crippen LogP contribution in [-0.2, 0) is 6.54 Å². The summed E-state index contributed by atoms with van der Waals surface area (Å²) in [5, 5.41) is 13.5. The van der Waals surface area contributed by atoms with Gasteiger partial charge < -0.3 is 10.4 Å². The molecule has 1 fully saturated rings. The summed E-state index contributed by atoms with van der Waals surface area (Å²) in [6.07, 6.45) is 7.37. The molecule has 1 aliphatic carbocycles. The van der Waals surface area contributed by atoms with E-state index < -0.39 is 0 Å². The van der Waals surface area contributed by atoms with E-state index in [1.54, 1.807) is 0 Å². The van der Waals surface area contributed by atoms with Crippen molar-refractivity contribution >= 4 is 0 Å². The largest absolute Gasteiger partial charge is 0.392 e. The van der Waals surface area contributed by atoms with Crippen molar-refractivity contribution in [1.82, 2.24) is 10.3 Å². The number of aliphatic hydroxyl groups is 1. The molecule has 2 atom stereocenters. The van der Waals surface area contributed by atoms with Crippen LogP contribution in [0.15, 0.2) is 18.3 Å². The Hall–Kier alpha value is -0.930. The second-order valence-corrected chi connectivity index (χ2v) is 5.00. The van der Waals surface area contributed by atoms with Crippen LogP contribution < -0.4 is 5.32 Å². The average molecular weight is 234 g/mol. The average Bonchev–Trinajstić information content (AvgIpc) is 2.54. The van der Waals surface area contributed by atoms with E-state index in [2.05, 4.69) is 16.4 Å². The lowest BCUT2D eigenvalue weighted by Crippen LogP contribution is -2.38. The number of hydrogen-bond donors (Lipinski definition) is 2. The van der Waals surface area contributed by atoms with Crippen molar-refractivity contribution < 1.29 is 5.11 Å². The van der Waals surface area contributed by atoms with E-state index in [4.69, 9.17) is 0 Å². The predicted molar refractivity (Wildman–Crippen MR) is 68.7 cm³/mol. The summed E-state index contributed by atoms with van der Waals surface area (Å²) in [5.74, 6) is 0. The Bertz CT molecular complexity index is 337. The van der Waals surface area contributed by atoms with Crippen LogP contribution in [0.3, 0.4) is 0 Å². The molecule has 1 saturated carbocycles. The van der Waals surface area contributed by atoms with E-state index in [-0.39, 0.29) is 12.1 Å². The summed E-state index contributed by atoms with van der Waals surface area (Å²) in [7, 11) is 0. The van der Waals surface area contributed by atoms with Crippen LogP contribution in [-0.4, -0.2) is 22.2 Å². The number of aryl methyl sites for hydroxylation is 1. The highest BCUT2D eigenvalue weighted by Gasteiger charge is 2.20. The van der Waals surface area contributed by atoms with Gasteiger partial charge in [0.1, 0.15) is 0 Å². The van der Waals surface area contributed by atoms with Crippen molar-refractivity contribution in [2.45, 2.75) is 57.7 Å². The highest BCUT2D eigenvalue weighted by molar-refractivity contribution is 5.12. The van der Waals surface area contributed by atoms with Crippen LogP contribution in [0.1, 0.15) is 43.4 Å². The molecule has 17 heavy (non-hydrogen) atoms. The van der Waals surface area contributed by atoms with Crippen LogP contribution in [0.4, 0.5) is 0 Å². The van der Waals surface area contributed by atoms with E-state index in [9.17, 15) is 5.11 Å². The van der Waals surface area contributed by atoms with Gasteiger partial charge in [0.15, 0.2) is 0 Å². The Labute approximate surface area is 103 Å². The first-order valence-electron chi connectivity index (χ1n) is 6.58. The Morgan fingerprint density at radius 3 is 2.88 bits per heavy atom. The molecule has 0 amide bonds. The number of aliphatic hydroxyl groups excluding tert-OH is 1. The molecule has 2 rings (SSSR count). The highest BCUT2D eigenvalue weighted by Crippen LogP contribution is 2.18. The zero-order chi connectivity index (χ0) is 12.1.